The van der Waals surface area contributed by atoms with Crippen molar-refractivity contribution in [2.75, 3.05) is 0 Å². The number of aromatic nitrogens is 4. The number of carboxylic acid groups (broad SMARTS) is 1. The van der Waals surface area contributed by atoms with E-state index in [1.165, 1.54) is 6.07 Å². The van der Waals surface area contributed by atoms with Gasteiger partial charge in [-0.15, -0.1) is 0 Å². The molecule has 7 heteroatoms. The molecule has 0 unspecified atom stereocenters. The van der Waals surface area contributed by atoms with E-state index in [1.807, 2.05) is 18.2 Å². The van der Waals surface area contributed by atoms with Crippen LogP contribution in [-0.4, -0.2) is 31.1 Å². The summed E-state index contributed by atoms with van der Waals surface area (Å²) >= 11 is 6.12. The molecule has 3 aromatic rings. The largest absolute Gasteiger partial charge is 0.477 e. The Bertz CT molecular complexity index is 790. The topological polar surface area (TPSA) is 83.8 Å². The molecule has 0 aliphatic heterocycles. The average molecular weight is 277 g/mol. The van der Waals surface area contributed by atoms with Gasteiger partial charge in [-0.05, 0) is 12.1 Å². The number of aromatic carboxylic acids is 1. The van der Waals surface area contributed by atoms with Crippen LogP contribution in [0.25, 0.3) is 22.2 Å². The Morgan fingerprint density at radius 1 is 1.47 bits per heavy atom. The van der Waals surface area contributed by atoms with E-state index in [9.17, 15) is 4.79 Å². The minimum Gasteiger partial charge on any atom is -0.477 e. The number of carbonyl (C=O) groups is 1. The average Bonchev–Trinajstić information content (AvgIpc) is 2.96. The highest BCUT2D eigenvalue weighted by atomic mass is 35.5. The molecular formula is C12H9ClN4O2. The summed E-state index contributed by atoms with van der Waals surface area (Å²) in [6, 6.07) is 7.05. The Morgan fingerprint density at radius 3 is 2.95 bits per heavy atom. The Hall–Kier alpha value is -2.34. The number of nitrogens with zero attached hydrogens (tertiary/aromatic N) is 3. The van der Waals surface area contributed by atoms with Crippen LogP contribution in [0, 0.1) is 0 Å². The Morgan fingerprint density at radius 2 is 2.26 bits per heavy atom. The van der Waals surface area contributed by atoms with Crippen LogP contribution in [0.1, 0.15) is 10.5 Å². The van der Waals surface area contributed by atoms with E-state index in [4.69, 9.17) is 16.7 Å². The van der Waals surface area contributed by atoms with Gasteiger partial charge in [0.25, 0.3) is 0 Å². The lowest BCUT2D eigenvalue weighted by atomic mass is 10.1. The third kappa shape index (κ3) is 1.77. The summed E-state index contributed by atoms with van der Waals surface area (Å²) in [6.07, 6.45) is 0. The van der Waals surface area contributed by atoms with Gasteiger partial charge in [0, 0.05) is 18.0 Å². The molecule has 0 saturated heterocycles. The van der Waals surface area contributed by atoms with Gasteiger partial charge < -0.3 is 5.11 Å². The van der Waals surface area contributed by atoms with Crippen molar-refractivity contribution in [3.8, 4) is 11.3 Å². The van der Waals surface area contributed by atoms with Crippen LogP contribution in [-0.2, 0) is 7.05 Å². The number of rotatable bonds is 2. The first-order chi connectivity index (χ1) is 9.08. The zero-order valence-corrected chi connectivity index (χ0v) is 10.6. The van der Waals surface area contributed by atoms with E-state index >= 15 is 0 Å². The maximum absolute atomic E-state index is 10.9. The minimum atomic E-state index is -1.05. The van der Waals surface area contributed by atoms with Crippen molar-refractivity contribution in [3.05, 3.63) is 35.1 Å². The fourth-order valence-electron chi connectivity index (χ4n) is 2.04. The summed E-state index contributed by atoms with van der Waals surface area (Å²) in [5.74, 6) is -1.05. The van der Waals surface area contributed by atoms with Crippen LogP contribution < -0.4 is 0 Å². The predicted octanol–water partition coefficient (Wildman–Crippen LogP) is 2.32. The van der Waals surface area contributed by atoms with Crippen molar-refractivity contribution in [3.63, 3.8) is 0 Å². The molecule has 0 saturated carbocycles. The van der Waals surface area contributed by atoms with Crippen LogP contribution >= 0.6 is 11.6 Å². The van der Waals surface area contributed by atoms with E-state index in [0.29, 0.717) is 10.8 Å². The molecule has 96 valence electrons. The number of fused-ring (bicyclic) bond motifs is 1. The Balaban J connectivity index is 2.27. The number of hydrogen-bond acceptors (Lipinski definition) is 3. The second-order valence-corrected chi connectivity index (χ2v) is 4.44. The molecule has 0 spiro atoms. The van der Waals surface area contributed by atoms with Crippen LogP contribution in [0.5, 0.6) is 0 Å². The maximum Gasteiger partial charge on any atom is 0.353 e. The molecule has 0 aliphatic carbocycles. The fourth-order valence-corrected chi connectivity index (χ4v) is 2.36. The van der Waals surface area contributed by atoms with Crippen LogP contribution in [0.4, 0.5) is 0 Å². The Labute approximate surface area is 112 Å². The highest BCUT2D eigenvalue weighted by Crippen LogP contribution is 2.32. The molecular weight excluding hydrogens is 268 g/mol. The number of carboxylic acids is 1. The van der Waals surface area contributed by atoms with Gasteiger partial charge in [0.1, 0.15) is 5.69 Å². The maximum atomic E-state index is 10.9. The number of aromatic amines is 1. The number of halogens is 1. The summed E-state index contributed by atoms with van der Waals surface area (Å²) in [5, 5.41) is 20.7. The van der Waals surface area contributed by atoms with Gasteiger partial charge in [-0.2, -0.15) is 10.2 Å². The van der Waals surface area contributed by atoms with Crippen molar-refractivity contribution in [2.45, 2.75) is 0 Å². The van der Waals surface area contributed by atoms with Gasteiger partial charge in [0.15, 0.2) is 5.15 Å². The molecule has 2 heterocycles. The summed E-state index contributed by atoms with van der Waals surface area (Å²) in [4.78, 5) is 10.9. The van der Waals surface area contributed by atoms with Gasteiger partial charge >= 0.3 is 5.97 Å². The molecule has 0 atom stereocenters. The van der Waals surface area contributed by atoms with Crippen molar-refractivity contribution in [1.82, 2.24) is 20.0 Å². The van der Waals surface area contributed by atoms with Crippen molar-refractivity contribution < 1.29 is 9.90 Å². The summed E-state index contributed by atoms with van der Waals surface area (Å²) < 4.78 is 1.67. The van der Waals surface area contributed by atoms with Crippen LogP contribution in [0.3, 0.4) is 0 Å². The molecule has 2 N–H and O–H groups in total. The number of aryl methyl sites for hydroxylation is 1. The summed E-state index contributed by atoms with van der Waals surface area (Å²) in [5.41, 5.74) is 2.17. The van der Waals surface area contributed by atoms with E-state index in [1.54, 1.807) is 11.7 Å². The molecule has 0 amide bonds. The van der Waals surface area contributed by atoms with Gasteiger partial charge in [0.2, 0.25) is 0 Å². The first-order valence-corrected chi connectivity index (χ1v) is 5.86. The van der Waals surface area contributed by atoms with Crippen LogP contribution in [0.2, 0.25) is 5.15 Å². The molecule has 3 rings (SSSR count). The number of hydrogen-bond donors (Lipinski definition) is 2. The lowest BCUT2D eigenvalue weighted by molar-refractivity contribution is 0.0690. The molecule has 2 aromatic heterocycles. The lowest BCUT2D eigenvalue weighted by Gasteiger charge is -1.99. The van der Waals surface area contributed by atoms with E-state index in [0.717, 1.165) is 16.5 Å². The first kappa shape index (κ1) is 11.7. The monoisotopic (exact) mass is 276 g/mol. The quantitative estimate of drug-likeness (QED) is 0.752. The number of benzene rings is 1. The molecule has 0 bridgehead atoms. The minimum absolute atomic E-state index is 0.0343. The van der Waals surface area contributed by atoms with E-state index < -0.39 is 5.97 Å². The van der Waals surface area contributed by atoms with Crippen molar-refractivity contribution >= 4 is 28.5 Å². The van der Waals surface area contributed by atoms with E-state index in [-0.39, 0.29) is 5.69 Å². The second-order valence-electron chi connectivity index (χ2n) is 4.09. The third-order valence-electron chi connectivity index (χ3n) is 2.92. The van der Waals surface area contributed by atoms with Crippen molar-refractivity contribution in [1.29, 1.82) is 0 Å². The second kappa shape index (κ2) is 4.10. The fraction of sp³-hybridized carbons (Fsp3) is 0.0833. The zero-order chi connectivity index (χ0) is 13.6. The predicted molar refractivity (Wildman–Crippen MR) is 70.3 cm³/mol. The highest BCUT2D eigenvalue weighted by Gasteiger charge is 2.15. The standard InChI is InChI=1S/C12H9ClN4O2/c1-17-9-4-2-3-6(10(9)11(13)16-17)7-5-8(12(18)19)15-14-7/h2-5H,1H3,(H,14,15)(H,18,19). The number of H-pyrrole nitrogens is 1. The zero-order valence-electron chi connectivity index (χ0n) is 9.88. The molecule has 19 heavy (non-hydrogen) atoms. The first-order valence-electron chi connectivity index (χ1n) is 5.48. The molecule has 6 nitrogen and oxygen atoms in total. The SMILES string of the molecule is Cn1nc(Cl)c2c(-c3cc(C(=O)O)[nH]n3)cccc21. The normalized spacial score (nSPS) is 11.1. The molecule has 1 aromatic carbocycles. The smallest absolute Gasteiger partial charge is 0.353 e. The molecule has 0 radical (unpaired) electrons. The highest BCUT2D eigenvalue weighted by molar-refractivity contribution is 6.35. The summed E-state index contributed by atoms with van der Waals surface area (Å²) in [7, 11) is 1.80. The molecule has 0 fully saturated rings. The summed E-state index contributed by atoms with van der Waals surface area (Å²) in [6.45, 7) is 0. The van der Waals surface area contributed by atoms with Gasteiger partial charge in [0.05, 0.1) is 11.2 Å². The van der Waals surface area contributed by atoms with Crippen LogP contribution in [0.15, 0.2) is 24.3 Å². The van der Waals surface area contributed by atoms with Gasteiger partial charge in [-0.25, -0.2) is 4.79 Å². The van der Waals surface area contributed by atoms with Crippen molar-refractivity contribution in [2.24, 2.45) is 7.05 Å². The van der Waals surface area contributed by atoms with E-state index in [2.05, 4.69) is 15.3 Å². The van der Waals surface area contributed by atoms with Gasteiger partial charge in [-0.3, -0.25) is 9.78 Å². The number of nitrogens with one attached hydrogen (secondary N) is 1. The third-order valence-corrected chi connectivity index (χ3v) is 3.18. The Kier molecular flexibility index (Phi) is 2.53. The lowest BCUT2D eigenvalue weighted by Crippen LogP contribution is -1.95. The van der Waals surface area contributed by atoms with Gasteiger partial charge in [-0.1, -0.05) is 23.7 Å². The molecule has 0 aliphatic rings.